The number of nitrogens with one attached hydrogen (secondary N) is 1. The fourth-order valence-electron chi connectivity index (χ4n) is 2.08. The summed E-state index contributed by atoms with van der Waals surface area (Å²) in [6.45, 7) is 0. The molecule has 0 radical (unpaired) electrons. The van der Waals surface area contributed by atoms with Gasteiger partial charge in [-0.15, -0.1) is 0 Å². The van der Waals surface area contributed by atoms with E-state index in [2.05, 4.69) is 4.98 Å². The van der Waals surface area contributed by atoms with Gasteiger partial charge in [-0.25, -0.2) is 13.2 Å². The molecule has 2 nitrogen and oxygen atoms in total. The second-order valence-corrected chi connectivity index (χ2v) is 4.36. The summed E-state index contributed by atoms with van der Waals surface area (Å²) in [5.41, 5.74) is 0.119. The van der Waals surface area contributed by atoms with E-state index in [0.717, 1.165) is 18.2 Å². The Morgan fingerprint density at radius 3 is 2.30 bits per heavy atom. The van der Waals surface area contributed by atoms with Crippen LogP contribution in [0.15, 0.2) is 47.3 Å². The van der Waals surface area contributed by atoms with Gasteiger partial charge in [-0.05, 0) is 30.3 Å². The van der Waals surface area contributed by atoms with Crippen molar-refractivity contribution in [3.8, 4) is 11.3 Å². The third kappa shape index (κ3) is 2.07. The summed E-state index contributed by atoms with van der Waals surface area (Å²) < 4.78 is 39.8. The maximum atomic E-state index is 13.7. The Balaban J connectivity index is 2.29. The Morgan fingerprint density at radius 2 is 1.55 bits per heavy atom. The van der Waals surface area contributed by atoms with Crippen molar-refractivity contribution in [3.05, 3.63) is 70.1 Å². The fraction of sp³-hybridized carbons (Fsp3) is 0. The summed E-state index contributed by atoms with van der Waals surface area (Å²) in [7, 11) is 0. The third-order valence-corrected chi connectivity index (χ3v) is 3.01. The van der Waals surface area contributed by atoms with Crippen LogP contribution in [0.3, 0.4) is 0 Å². The molecule has 2 aromatic carbocycles. The zero-order valence-corrected chi connectivity index (χ0v) is 10.1. The van der Waals surface area contributed by atoms with Crippen LogP contribution < -0.4 is 5.43 Å². The second-order valence-electron chi connectivity index (χ2n) is 4.36. The molecule has 0 aliphatic carbocycles. The van der Waals surface area contributed by atoms with E-state index >= 15 is 0 Å². The minimum Gasteiger partial charge on any atom is -0.354 e. The molecule has 20 heavy (non-hydrogen) atoms. The van der Waals surface area contributed by atoms with E-state index in [1.807, 2.05) is 0 Å². The van der Waals surface area contributed by atoms with Crippen molar-refractivity contribution in [2.45, 2.75) is 0 Å². The van der Waals surface area contributed by atoms with Crippen molar-refractivity contribution in [1.29, 1.82) is 0 Å². The molecule has 0 atom stereocenters. The first-order valence-electron chi connectivity index (χ1n) is 5.82. The Hall–Kier alpha value is -2.56. The number of rotatable bonds is 1. The molecule has 0 aliphatic heterocycles. The number of aromatic amines is 1. The lowest BCUT2D eigenvalue weighted by molar-refractivity contribution is 0.585. The molecule has 1 aromatic heterocycles. The predicted molar refractivity (Wildman–Crippen MR) is 69.9 cm³/mol. The van der Waals surface area contributed by atoms with E-state index in [0.29, 0.717) is 5.39 Å². The zero-order chi connectivity index (χ0) is 14.3. The van der Waals surface area contributed by atoms with Crippen molar-refractivity contribution in [2.24, 2.45) is 0 Å². The lowest BCUT2D eigenvalue weighted by Crippen LogP contribution is -2.04. The number of benzene rings is 2. The standard InChI is InChI=1S/C15H8F3NO/c16-8-1-3-10(12(18)5-8)14-7-15(20)11-4-2-9(17)6-13(11)19-14/h1-7H,(H,19,20). The molecule has 100 valence electrons. The second kappa shape index (κ2) is 4.52. The van der Waals surface area contributed by atoms with Gasteiger partial charge < -0.3 is 4.98 Å². The van der Waals surface area contributed by atoms with Crippen LogP contribution in [-0.4, -0.2) is 4.98 Å². The van der Waals surface area contributed by atoms with E-state index in [9.17, 15) is 18.0 Å². The molecule has 0 fully saturated rings. The van der Waals surface area contributed by atoms with Crippen molar-refractivity contribution >= 4 is 10.9 Å². The molecule has 1 N–H and O–H groups in total. The zero-order valence-electron chi connectivity index (χ0n) is 10.1. The lowest BCUT2D eigenvalue weighted by atomic mass is 10.1. The first-order valence-corrected chi connectivity index (χ1v) is 5.82. The lowest BCUT2D eigenvalue weighted by Gasteiger charge is -2.06. The highest BCUT2D eigenvalue weighted by atomic mass is 19.1. The molecule has 0 saturated heterocycles. The van der Waals surface area contributed by atoms with Crippen molar-refractivity contribution in [2.75, 3.05) is 0 Å². The Bertz CT molecular complexity index is 871. The molecular formula is C15H8F3NO. The number of pyridine rings is 1. The van der Waals surface area contributed by atoms with E-state index in [4.69, 9.17) is 0 Å². The molecule has 0 unspecified atom stereocenters. The van der Waals surface area contributed by atoms with Gasteiger partial charge in [-0.3, -0.25) is 4.79 Å². The van der Waals surface area contributed by atoms with Crippen LogP contribution in [0.2, 0.25) is 0 Å². The summed E-state index contributed by atoms with van der Waals surface area (Å²) in [5.74, 6) is -2.01. The van der Waals surface area contributed by atoms with Crippen LogP contribution in [0.1, 0.15) is 0 Å². The van der Waals surface area contributed by atoms with Gasteiger partial charge in [0, 0.05) is 23.1 Å². The Kier molecular flexibility index (Phi) is 2.82. The highest BCUT2D eigenvalue weighted by Gasteiger charge is 2.10. The molecule has 5 heteroatoms. The first-order chi connectivity index (χ1) is 9.54. The SMILES string of the molecule is O=c1cc(-c2ccc(F)cc2F)[nH]c2cc(F)ccc12. The highest BCUT2D eigenvalue weighted by Crippen LogP contribution is 2.22. The molecule has 3 aromatic rings. The fourth-order valence-corrected chi connectivity index (χ4v) is 2.08. The van der Waals surface area contributed by atoms with Crippen molar-refractivity contribution in [1.82, 2.24) is 4.98 Å². The predicted octanol–water partition coefficient (Wildman–Crippen LogP) is 3.61. The van der Waals surface area contributed by atoms with Gasteiger partial charge in [0.25, 0.3) is 0 Å². The summed E-state index contributed by atoms with van der Waals surface area (Å²) in [5, 5.41) is 0.303. The summed E-state index contributed by atoms with van der Waals surface area (Å²) in [6, 6.07) is 7.93. The van der Waals surface area contributed by atoms with E-state index in [1.165, 1.54) is 24.3 Å². The first kappa shape index (κ1) is 12.5. The van der Waals surface area contributed by atoms with Crippen LogP contribution in [0.25, 0.3) is 22.2 Å². The molecular weight excluding hydrogens is 267 g/mol. The van der Waals surface area contributed by atoms with Gasteiger partial charge >= 0.3 is 0 Å². The topological polar surface area (TPSA) is 32.9 Å². The molecule has 0 aliphatic rings. The third-order valence-electron chi connectivity index (χ3n) is 3.01. The van der Waals surface area contributed by atoms with Gasteiger partial charge in [0.2, 0.25) is 0 Å². The maximum Gasteiger partial charge on any atom is 0.190 e. The summed E-state index contributed by atoms with van der Waals surface area (Å²) >= 11 is 0. The van der Waals surface area contributed by atoms with Gasteiger partial charge in [0.15, 0.2) is 5.43 Å². The van der Waals surface area contributed by atoms with Crippen LogP contribution in [0, 0.1) is 17.5 Å². The Labute approximate surface area is 111 Å². The van der Waals surface area contributed by atoms with Gasteiger partial charge in [-0.1, -0.05) is 0 Å². The summed E-state index contributed by atoms with van der Waals surface area (Å²) in [6.07, 6.45) is 0. The van der Waals surface area contributed by atoms with Gasteiger partial charge in [0.05, 0.1) is 11.2 Å². The average molecular weight is 275 g/mol. The molecule has 1 heterocycles. The molecule has 0 amide bonds. The van der Waals surface area contributed by atoms with Crippen molar-refractivity contribution in [3.63, 3.8) is 0 Å². The molecule has 0 saturated carbocycles. The molecule has 3 rings (SSSR count). The minimum absolute atomic E-state index is 0.0506. The number of H-pyrrole nitrogens is 1. The number of hydrogen-bond donors (Lipinski definition) is 1. The van der Waals surface area contributed by atoms with E-state index < -0.39 is 17.5 Å². The average Bonchev–Trinajstić information content (AvgIpc) is 2.37. The number of halogens is 3. The van der Waals surface area contributed by atoms with Crippen LogP contribution >= 0.6 is 0 Å². The van der Waals surface area contributed by atoms with E-state index in [-0.39, 0.29) is 22.2 Å². The molecule has 0 bridgehead atoms. The van der Waals surface area contributed by atoms with E-state index in [1.54, 1.807) is 0 Å². The monoisotopic (exact) mass is 275 g/mol. The van der Waals surface area contributed by atoms with Gasteiger partial charge in [0.1, 0.15) is 17.5 Å². The Morgan fingerprint density at radius 1 is 0.850 bits per heavy atom. The quantitative estimate of drug-likeness (QED) is 0.723. The number of fused-ring (bicyclic) bond motifs is 1. The van der Waals surface area contributed by atoms with Crippen LogP contribution in [0.5, 0.6) is 0 Å². The van der Waals surface area contributed by atoms with Crippen molar-refractivity contribution < 1.29 is 13.2 Å². The number of aromatic nitrogens is 1. The normalized spacial score (nSPS) is 10.9. The smallest absolute Gasteiger partial charge is 0.190 e. The van der Waals surface area contributed by atoms with Crippen LogP contribution in [0.4, 0.5) is 13.2 Å². The largest absolute Gasteiger partial charge is 0.354 e. The van der Waals surface area contributed by atoms with Crippen LogP contribution in [-0.2, 0) is 0 Å². The summed E-state index contributed by atoms with van der Waals surface area (Å²) in [4.78, 5) is 14.7. The number of hydrogen-bond acceptors (Lipinski definition) is 1. The molecule has 0 spiro atoms. The highest BCUT2D eigenvalue weighted by molar-refractivity contribution is 5.81. The minimum atomic E-state index is -0.795. The van der Waals surface area contributed by atoms with Gasteiger partial charge in [-0.2, -0.15) is 0 Å². The maximum absolute atomic E-state index is 13.7.